The van der Waals surface area contributed by atoms with Crippen molar-refractivity contribution in [2.75, 3.05) is 20.6 Å². The summed E-state index contributed by atoms with van der Waals surface area (Å²) < 4.78 is 4.98. The standard InChI is InChI=1S/C15H19ClN2O4/c1-10(15(21)18(2)3)22-13(19)8-9-17-14(20)11-4-6-12(16)7-5-11/h4-7,10H,8-9H2,1-3H3,(H,17,20)/t10-/m0/s1. The highest BCUT2D eigenvalue weighted by atomic mass is 35.5. The van der Waals surface area contributed by atoms with Crippen LogP contribution in [0.3, 0.4) is 0 Å². The Kier molecular flexibility index (Phi) is 6.85. The number of halogens is 1. The summed E-state index contributed by atoms with van der Waals surface area (Å²) in [5.41, 5.74) is 0.453. The molecule has 1 aromatic carbocycles. The Morgan fingerprint density at radius 3 is 2.36 bits per heavy atom. The van der Waals surface area contributed by atoms with Gasteiger partial charge in [-0.2, -0.15) is 0 Å². The van der Waals surface area contributed by atoms with Crippen LogP contribution in [0.2, 0.25) is 5.02 Å². The predicted octanol–water partition coefficient (Wildman–Crippen LogP) is 1.48. The van der Waals surface area contributed by atoms with E-state index in [1.807, 2.05) is 0 Å². The summed E-state index contributed by atoms with van der Waals surface area (Å²) in [5, 5.41) is 3.14. The van der Waals surface area contributed by atoms with Gasteiger partial charge in [0.15, 0.2) is 6.10 Å². The molecule has 1 N–H and O–H groups in total. The van der Waals surface area contributed by atoms with E-state index in [-0.39, 0.29) is 24.8 Å². The van der Waals surface area contributed by atoms with E-state index < -0.39 is 12.1 Å². The van der Waals surface area contributed by atoms with E-state index in [9.17, 15) is 14.4 Å². The summed E-state index contributed by atoms with van der Waals surface area (Å²) in [6.45, 7) is 1.63. The zero-order valence-corrected chi connectivity index (χ0v) is 13.5. The summed E-state index contributed by atoms with van der Waals surface area (Å²) in [4.78, 5) is 36.3. The lowest BCUT2D eigenvalue weighted by atomic mass is 10.2. The van der Waals surface area contributed by atoms with Crippen LogP contribution in [-0.2, 0) is 14.3 Å². The van der Waals surface area contributed by atoms with Gasteiger partial charge in [0.1, 0.15) is 0 Å². The van der Waals surface area contributed by atoms with Crippen molar-refractivity contribution in [2.45, 2.75) is 19.4 Å². The Morgan fingerprint density at radius 1 is 1.23 bits per heavy atom. The number of amides is 2. The van der Waals surface area contributed by atoms with Gasteiger partial charge in [0.05, 0.1) is 6.42 Å². The van der Waals surface area contributed by atoms with Gasteiger partial charge in [0, 0.05) is 31.2 Å². The van der Waals surface area contributed by atoms with Crippen LogP contribution in [0.1, 0.15) is 23.7 Å². The average Bonchev–Trinajstić information content (AvgIpc) is 2.46. The molecule has 0 aromatic heterocycles. The summed E-state index contributed by atoms with van der Waals surface area (Å²) in [6.07, 6.45) is -0.848. The Balaban J connectivity index is 2.34. The molecule has 1 aromatic rings. The van der Waals surface area contributed by atoms with E-state index in [2.05, 4.69) is 5.32 Å². The summed E-state index contributed by atoms with van der Waals surface area (Å²) in [7, 11) is 3.16. The molecule has 0 saturated carbocycles. The highest BCUT2D eigenvalue weighted by Gasteiger charge is 2.19. The molecule has 0 heterocycles. The number of carbonyl (C=O) groups is 3. The maximum Gasteiger partial charge on any atom is 0.308 e. The second kappa shape index (κ2) is 8.38. The van der Waals surface area contributed by atoms with Crippen molar-refractivity contribution in [1.29, 1.82) is 0 Å². The van der Waals surface area contributed by atoms with Gasteiger partial charge in [-0.15, -0.1) is 0 Å². The molecule has 0 saturated heterocycles. The molecule has 0 spiro atoms. The lowest BCUT2D eigenvalue weighted by Gasteiger charge is -2.17. The monoisotopic (exact) mass is 326 g/mol. The zero-order chi connectivity index (χ0) is 16.7. The van der Waals surface area contributed by atoms with Crippen LogP contribution in [0.4, 0.5) is 0 Å². The first-order chi connectivity index (χ1) is 10.3. The fourth-order valence-corrected chi connectivity index (χ4v) is 1.78. The Morgan fingerprint density at radius 2 is 1.82 bits per heavy atom. The number of hydrogen-bond acceptors (Lipinski definition) is 4. The van der Waals surface area contributed by atoms with Crippen LogP contribution in [0.5, 0.6) is 0 Å². The molecule has 0 fully saturated rings. The first-order valence-corrected chi connectivity index (χ1v) is 7.13. The van der Waals surface area contributed by atoms with E-state index >= 15 is 0 Å². The quantitative estimate of drug-likeness (QED) is 0.803. The molecular formula is C15H19ClN2O4. The Bertz CT molecular complexity index is 543. The van der Waals surface area contributed by atoms with Gasteiger partial charge in [-0.1, -0.05) is 11.6 Å². The molecule has 0 aliphatic carbocycles. The van der Waals surface area contributed by atoms with Crippen molar-refractivity contribution in [1.82, 2.24) is 10.2 Å². The number of carbonyl (C=O) groups excluding carboxylic acids is 3. The molecule has 0 aliphatic heterocycles. The third kappa shape index (κ3) is 5.73. The summed E-state index contributed by atoms with van der Waals surface area (Å²) in [5.74, 6) is -1.14. The highest BCUT2D eigenvalue weighted by molar-refractivity contribution is 6.30. The SMILES string of the molecule is C[C@H](OC(=O)CCNC(=O)c1ccc(Cl)cc1)C(=O)N(C)C. The van der Waals surface area contributed by atoms with E-state index in [1.54, 1.807) is 38.4 Å². The predicted molar refractivity (Wildman–Crippen MR) is 82.7 cm³/mol. The Hall–Kier alpha value is -2.08. The first kappa shape index (κ1) is 18.0. The van der Waals surface area contributed by atoms with E-state index in [0.29, 0.717) is 10.6 Å². The molecule has 22 heavy (non-hydrogen) atoms. The van der Waals surface area contributed by atoms with Crippen LogP contribution in [0.25, 0.3) is 0 Å². The molecule has 0 unspecified atom stereocenters. The minimum atomic E-state index is -0.838. The van der Waals surface area contributed by atoms with Crippen molar-refractivity contribution >= 4 is 29.4 Å². The summed E-state index contributed by atoms with van der Waals surface area (Å²) >= 11 is 5.73. The number of nitrogens with zero attached hydrogens (tertiary/aromatic N) is 1. The molecule has 120 valence electrons. The van der Waals surface area contributed by atoms with Crippen molar-refractivity contribution in [3.05, 3.63) is 34.9 Å². The molecule has 2 amide bonds. The molecule has 0 bridgehead atoms. The molecule has 0 aliphatic rings. The first-order valence-electron chi connectivity index (χ1n) is 6.75. The molecule has 6 nitrogen and oxygen atoms in total. The lowest BCUT2D eigenvalue weighted by molar-refractivity contribution is -0.157. The van der Waals surface area contributed by atoms with Gasteiger partial charge in [-0.3, -0.25) is 14.4 Å². The largest absolute Gasteiger partial charge is 0.452 e. The van der Waals surface area contributed by atoms with Gasteiger partial charge in [0.2, 0.25) is 0 Å². The third-order valence-corrected chi connectivity index (χ3v) is 3.07. The number of rotatable bonds is 6. The van der Waals surface area contributed by atoms with E-state index in [1.165, 1.54) is 11.8 Å². The number of esters is 1. The fraction of sp³-hybridized carbons (Fsp3) is 0.400. The highest BCUT2D eigenvalue weighted by Crippen LogP contribution is 2.09. The topological polar surface area (TPSA) is 75.7 Å². The zero-order valence-electron chi connectivity index (χ0n) is 12.8. The molecule has 0 radical (unpaired) electrons. The van der Waals surface area contributed by atoms with Crippen LogP contribution in [0.15, 0.2) is 24.3 Å². The van der Waals surface area contributed by atoms with Gasteiger partial charge in [-0.25, -0.2) is 0 Å². The van der Waals surface area contributed by atoms with Gasteiger partial charge >= 0.3 is 5.97 Å². The van der Waals surface area contributed by atoms with Gasteiger partial charge in [0.25, 0.3) is 11.8 Å². The average molecular weight is 327 g/mol. The van der Waals surface area contributed by atoms with Crippen LogP contribution in [0, 0.1) is 0 Å². The van der Waals surface area contributed by atoms with Crippen molar-refractivity contribution in [2.24, 2.45) is 0 Å². The van der Waals surface area contributed by atoms with Crippen molar-refractivity contribution < 1.29 is 19.1 Å². The maximum atomic E-state index is 11.8. The number of ether oxygens (including phenoxy) is 1. The third-order valence-electron chi connectivity index (χ3n) is 2.82. The van der Waals surface area contributed by atoms with Crippen LogP contribution >= 0.6 is 11.6 Å². The van der Waals surface area contributed by atoms with Crippen LogP contribution in [-0.4, -0.2) is 49.4 Å². The molecule has 1 atom stereocenters. The number of hydrogen-bond donors (Lipinski definition) is 1. The number of nitrogens with one attached hydrogen (secondary N) is 1. The van der Waals surface area contributed by atoms with E-state index in [0.717, 1.165) is 0 Å². The smallest absolute Gasteiger partial charge is 0.308 e. The van der Waals surface area contributed by atoms with Crippen LogP contribution < -0.4 is 5.32 Å². The molecule has 1 rings (SSSR count). The molecule has 7 heteroatoms. The minimum Gasteiger partial charge on any atom is -0.452 e. The number of benzene rings is 1. The minimum absolute atomic E-state index is 0.00955. The van der Waals surface area contributed by atoms with Gasteiger partial charge in [-0.05, 0) is 31.2 Å². The maximum absolute atomic E-state index is 11.8. The van der Waals surface area contributed by atoms with Crippen molar-refractivity contribution in [3.8, 4) is 0 Å². The van der Waals surface area contributed by atoms with E-state index in [4.69, 9.17) is 16.3 Å². The second-order valence-corrected chi connectivity index (χ2v) is 5.31. The van der Waals surface area contributed by atoms with Crippen molar-refractivity contribution in [3.63, 3.8) is 0 Å². The lowest BCUT2D eigenvalue weighted by Crippen LogP contribution is -2.35. The summed E-state index contributed by atoms with van der Waals surface area (Å²) in [6, 6.07) is 6.40. The van der Waals surface area contributed by atoms with Gasteiger partial charge < -0.3 is 15.0 Å². The second-order valence-electron chi connectivity index (χ2n) is 4.88. The Labute approximate surface area is 134 Å². The normalized spacial score (nSPS) is 11.5. The number of likely N-dealkylation sites (N-methyl/N-ethyl adjacent to an activating group) is 1. The fourth-order valence-electron chi connectivity index (χ4n) is 1.65. The molecular weight excluding hydrogens is 308 g/mol.